The summed E-state index contributed by atoms with van der Waals surface area (Å²) in [6.07, 6.45) is 0. The van der Waals surface area contributed by atoms with Crippen molar-refractivity contribution in [3.05, 3.63) is 39.0 Å². The van der Waals surface area contributed by atoms with Crippen molar-refractivity contribution >= 4 is 48.3 Å². The fourth-order valence-corrected chi connectivity index (χ4v) is 2.93. The highest BCUT2D eigenvalue weighted by molar-refractivity contribution is 9.10. The first-order valence-corrected chi connectivity index (χ1v) is 6.19. The van der Waals surface area contributed by atoms with Crippen molar-refractivity contribution in [2.75, 3.05) is 5.32 Å². The van der Waals surface area contributed by atoms with E-state index in [1.807, 2.05) is 18.2 Å². The minimum atomic E-state index is -0.188. The summed E-state index contributed by atoms with van der Waals surface area (Å²) in [5.41, 5.74) is -0.0990. The summed E-state index contributed by atoms with van der Waals surface area (Å²) in [5, 5.41) is 3.85. The van der Waals surface area contributed by atoms with Gasteiger partial charge in [-0.15, -0.1) is 11.3 Å². The maximum atomic E-state index is 11.9. The molecule has 0 fully saturated rings. The molecule has 5 heteroatoms. The van der Waals surface area contributed by atoms with E-state index in [0.29, 0.717) is 14.9 Å². The van der Waals surface area contributed by atoms with Crippen LogP contribution in [0.1, 0.15) is 6.92 Å². The lowest BCUT2D eigenvalue weighted by molar-refractivity contribution is -0.114. The third kappa shape index (κ3) is 2.01. The van der Waals surface area contributed by atoms with Gasteiger partial charge in [0, 0.05) is 17.0 Å². The summed E-state index contributed by atoms with van der Waals surface area (Å²) in [4.78, 5) is 22.9. The summed E-state index contributed by atoms with van der Waals surface area (Å²) < 4.78 is 1.27. The van der Waals surface area contributed by atoms with E-state index in [-0.39, 0.29) is 11.3 Å². The number of halogens is 1. The molecule has 1 amide bonds. The van der Waals surface area contributed by atoms with Crippen LogP contribution in [0.2, 0.25) is 0 Å². The van der Waals surface area contributed by atoms with Gasteiger partial charge in [-0.3, -0.25) is 9.59 Å². The smallest absolute Gasteiger partial charge is 0.221 e. The highest BCUT2D eigenvalue weighted by atomic mass is 79.9. The molecular formula is C11H8BrNO2S. The van der Waals surface area contributed by atoms with Gasteiger partial charge in [0.1, 0.15) is 5.00 Å². The zero-order valence-corrected chi connectivity index (χ0v) is 10.8. The van der Waals surface area contributed by atoms with Gasteiger partial charge in [-0.2, -0.15) is 0 Å². The van der Waals surface area contributed by atoms with Gasteiger partial charge >= 0.3 is 0 Å². The van der Waals surface area contributed by atoms with Gasteiger partial charge < -0.3 is 5.32 Å². The van der Waals surface area contributed by atoms with E-state index in [1.54, 1.807) is 6.07 Å². The number of rotatable bonds is 1. The predicted molar refractivity (Wildman–Crippen MR) is 70.1 cm³/mol. The zero-order chi connectivity index (χ0) is 11.7. The molecule has 16 heavy (non-hydrogen) atoms. The summed E-state index contributed by atoms with van der Waals surface area (Å²) in [6, 6.07) is 7.32. The summed E-state index contributed by atoms with van der Waals surface area (Å²) >= 11 is 4.59. The fraction of sp³-hybridized carbons (Fsp3) is 0.0909. The average Bonchev–Trinajstić information content (AvgIpc) is 2.25. The van der Waals surface area contributed by atoms with Crippen molar-refractivity contribution in [2.45, 2.75) is 6.92 Å². The molecule has 1 N–H and O–H groups in total. The molecule has 3 nitrogen and oxygen atoms in total. The molecule has 0 bridgehead atoms. The van der Waals surface area contributed by atoms with E-state index < -0.39 is 0 Å². The normalized spacial score (nSPS) is 10.4. The van der Waals surface area contributed by atoms with E-state index >= 15 is 0 Å². The number of benzene rings is 1. The molecule has 1 heterocycles. The molecule has 0 unspecified atom stereocenters. The molecular weight excluding hydrogens is 290 g/mol. The first kappa shape index (κ1) is 11.3. The van der Waals surface area contributed by atoms with Crippen LogP contribution >= 0.6 is 27.3 Å². The molecule has 82 valence electrons. The van der Waals surface area contributed by atoms with E-state index in [4.69, 9.17) is 0 Å². The third-order valence-corrected chi connectivity index (χ3v) is 4.14. The van der Waals surface area contributed by atoms with Crippen LogP contribution in [0.3, 0.4) is 0 Å². The Balaban J connectivity index is 2.74. The molecule has 0 atom stereocenters. The Bertz CT molecular complexity index is 621. The Morgan fingerprint density at radius 2 is 2.06 bits per heavy atom. The van der Waals surface area contributed by atoms with Crippen LogP contribution in [0.15, 0.2) is 33.5 Å². The summed E-state index contributed by atoms with van der Waals surface area (Å²) in [7, 11) is 0. The Kier molecular flexibility index (Phi) is 3.07. The second-order valence-electron chi connectivity index (χ2n) is 3.25. The monoisotopic (exact) mass is 297 g/mol. The van der Waals surface area contributed by atoms with E-state index in [0.717, 1.165) is 4.70 Å². The van der Waals surface area contributed by atoms with E-state index in [9.17, 15) is 9.59 Å². The number of carbonyl (C=O) groups is 1. The van der Waals surface area contributed by atoms with Gasteiger partial charge in [0.25, 0.3) is 0 Å². The highest BCUT2D eigenvalue weighted by Gasteiger charge is 2.10. The molecule has 0 saturated heterocycles. The lowest BCUT2D eigenvalue weighted by Crippen LogP contribution is -2.10. The first-order valence-electron chi connectivity index (χ1n) is 4.58. The number of hydrogen-bond donors (Lipinski definition) is 1. The molecule has 0 saturated carbocycles. The molecule has 2 rings (SSSR count). The van der Waals surface area contributed by atoms with Crippen LogP contribution in [0.25, 0.3) is 10.1 Å². The van der Waals surface area contributed by atoms with E-state index in [2.05, 4.69) is 21.2 Å². The van der Waals surface area contributed by atoms with Crippen molar-refractivity contribution in [1.29, 1.82) is 0 Å². The maximum Gasteiger partial charge on any atom is 0.221 e. The van der Waals surface area contributed by atoms with Crippen LogP contribution < -0.4 is 10.7 Å². The maximum absolute atomic E-state index is 11.9. The van der Waals surface area contributed by atoms with E-state index in [1.165, 1.54) is 18.3 Å². The average molecular weight is 298 g/mol. The molecule has 2 aromatic rings. The predicted octanol–water partition coefficient (Wildman–Crippen LogP) is 2.98. The number of fused-ring (bicyclic) bond motifs is 1. The van der Waals surface area contributed by atoms with Crippen LogP contribution in [0.5, 0.6) is 0 Å². The SMILES string of the molecule is CC(=O)Nc1sc2ccccc2c(=O)c1Br. The molecule has 0 aliphatic rings. The van der Waals surface area contributed by atoms with Crippen molar-refractivity contribution in [3.63, 3.8) is 0 Å². The van der Waals surface area contributed by atoms with Gasteiger partial charge in [-0.25, -0.2) is 0 Å². The fourth-order valence-electron chi connectivity index (χ4n) is 1.36. The quantitative estimate of drug-likeness (QED) is 0.879. The van der Waals surface area contributed by atoms with Crippen LogP contribution in [-0.4, -0.2) is 5.91 Å². The molecule has 1 aromatic heterocycles. The third-order valence-electron chi connectivity index (χ3n) is 2.03. The molecule has 0 aliphatic carbocycles. The number of hydrogen-bond acceptors (Lipinski definition) is 3. The van der Waals surface area contributed by atoms with Crippen molar-refractivity contribution in [1.82, 2.24) is 0 Å². The number of nitrogens with one attached hydrogen (secondary N) is 1. The lowest BCUT2D eigenvalue weighted by atomic mass is 10.2. The Morgan fingerprint density at radius 1 is 1.38 bits per heavy atom. The zero-order valence-electron chi connectivity index (χ0n) is 8.41. The standard InChI is InChI=1S/C11H8BrNO2S/c1-6(14)13-11-9(12)10(15)7-4-2-3-5-8(7)16-11/h2-5H,1H3,(H,13,14). The lowest BCUT2D eigenvalue weighted by Gasteiger charge is -2.05. The van der Waals surface area contributed by atoms with Gasteiger partial charge in [-0.1, -0.05) is 12.1 Å². The summed E-state index contributed by atoms with van der Waals surface area (Å²) in [5.74, 6) is -0.188. The summed E-state index contributed by atoms with van der Waals surface area (Å²) in [6.45, 7) is 1.42. The second kappa shape index (κ2) is 4.35. The Labute approximate surface area is 104 Å². The highest BCUT2D eigenvalue weighted by Crippen LogP contribution is 2.29. The van der Waals surface area contributed by atoms with Crippen molar-refractivity contribution in [3.8, 4) is 0 Å². The van der Waals surface area contributed by atoms with Gasteiger partial charge in [0.15, 0.2) is 0 Å². The van der Waals surface area contributed by atoms with Gasteiger partial charge in [0.2, 0.25) is 11.3 Å². The van der Waals surface area contributed by atoms with Crippen molar-refractivity contribution < 1.29 is 4.79 Å². The minimum absolute atomic E-state index is 0.0990. The van der Waals surface area contributed by atoms with Crippen LogP contribution in [0.4, 0.5) is 5.00 Å². The number of anilines is 1. The Hall–Kier alpha value is -1.20. The second-order valence-corrected chi connectivity index (χ2v) is 5.10. The molecule has 1 aromatic carbocycles. The minimum Gasteiger partial charge on any atom is -0.317 e. The molecule has 0 spiro atoms. The van der Waals surface area contributed by atoms with Crippen molar-refractivity contribution in [2.24, 2.45) is 0 Å². The first-order chi connectivity index (χ1) is 7.59. The topological polar surface area (TPSA) is 46.2 Å². The van der Waals surface area contributed by atoms with Gasteiger partial charge in [0.05, 0.1) is 4.47 Å². The van der Waals surface area contributed by atoms with Gasteiger partial charge in [-0.05, 0) is 28.1 Å². The van der Waals surface area contributed by atoms with Crippen LogP contribution in [0, 0.1) is 0 Å². The number of carbonyl (C=O) groups excluding carboxylic acids is 1. The van der Waals surface area contributed by atoms with Crippen LogP contribution in [-0.2, 0) is 4.79 Å². The molecule has 0 aliphatic heterocycles. The molecule has 0 radical (unpaired) electrons. The Morgan fingerprint density at radius 3 is 2.75 bits per heavy atom. The number of amides is 1. The largest absolute Gasteiger partial charge is 0.317 e.